The molecule has 1 nitrogen and oxygen atoms in total. The van der Waals surface area contributed by atoms with E-state index in [1.165, 1.54) is 38.1 Å². The van der Waals surface area contributed by atoms with Crippen LogP contribution in [0.4, 0.5) is 0 Å². The van der Waals surface area contributed by atoms with Crippen molar-refractivity contribution in [3.8, 4) is 0 Å². The van der Waals surface area contributed by atoms with Crippen molar-refractivity contribution in [3.05, 3.63) is 0 Å². The van der Waals surface area contributed by atoms with Crippen LogP contribution in [0, 0.1) is 5.92 Å². The standard InChI is InChI=1S/C9H17NS/c1-2-11-9-7-8-3-5-10(9)6-4-8/h8-9H,2-7H2,1H3. The summed E-state index contributed by atoms with van der Waals surface area (Å²) in [6, 6.07) is 0. The van der Waals surface area contributed by atoms with Gasteiger partial charge in [0.1, 0.15) is 0 Å². The minimum absolute atomic E-state index is 0.882. The molecule has 0 radical (unpaired) electrons. The maximum absolute atomic E-state index is 2.67. The number of thioether (sulfide) groups is 1. The zero-order chi connectivity index (χ0) is 7.68. The minimum atomic E-state index is 0.882. The van der Waals surface area contributed by atoms with Crippen LogP contribution in [0.2, 0.25) is 0 Å². The van der Waals surface area contributed by atoms with Crippen molar-refractivity contribution in [2.24, 2.45) is 5.92 Å². The molecule has 3 aliphatic rings. The zero-order valence-corrected chi connectivity index (χ0v) is 8.07. The second-order valence-electron chi connectivity index (χ2n) is 3.63. The second kappa shape index (κ2) is 3.36. The molecule has 1 atom stereocenters. The van der Waals surface area contributed by atoms with Gasteiger partial charge in [0, 0.05) is 0 Å². The van der Waals surface area contributed by atoms with Crippen LogP contribution in [0.3, 0.4) is 0 Å². The third-order valence-electron chi connectivity index (χ3n) is 2.95. The highest BCUT2D eigenvalue weighted by atomic mass is 32.2. The molecule has 0 saturated carbocycles. The molecule has 3 saturated heterocycles. The topological polar surface area (TPSA) is 3.24 Å². The van der Waals surface area contributed by atoms with Gasteiger partial charge in [-0.25, -0.2) is 0 Å². The first-order valence-electron chi connectivity index (χ1n) is 4.76. The van der Waals surface area contributed by atoms with Gasteiger partial charge in [0.15, 0.2) is 0 Å². The summed E-state index contributed by atoms with van der Waals surface area (Å²) >= 11 is 2.14. The van der Waals surface area contributed by atoms with Crippen molar-refractivity contribution in [1.29, 1.82) is 0 Å². The third kappa shape index (κ3) is 1.57. The van der Waals surface area contributed by atoms with Crippen molar-refractivity contribution in [2.45, 2.75) is 31.6 Å². The van der Waals surface area contributed by atoms with Gasteiger partial charge < -0.3 is 0 Å². The van der Waals surface area contributed by atoms with Crippen LogP contribution in [-0.2, 0) is 0 Å². The average molecular weight is 171 g/mol. The molecule has 2 heteroatoms. The number of hydrogen-bond donors (Lipinski definition) is 0. The first-order chi connectivity index (χ1) is 5.40. The molecule has 3 rings (SSSR count). The van der Waals surface area contributed by atoms with Crippen molar-refractivity contribution in [3.63, 3.8) is 0 Å². The van der Waals surface area contributed by atoms with Gasteiger partial charge in [-0.15, -0.1) is 11.8 Å². The molecular formula is C9H17NS. The molecule has 0 spiro atoms. The van der Waals surface area contributed by atoms with Crippen LogP contribution in [0.15, 0.2) is 0 Å². The Morgan fingerprint density at radius 1 is 1.36 bits per heavy atom. The van der Waals surface area contributed by atoms with Gasteiger partial charge in [-0.1, -0.05) is 6.92 Å². The van der Waals surface area contributed by atoms with Crippen LogP contribution in [0.25, 0.3) is 0 Å². The Morgan fingerprint density at radius 2 is 2.09 bits per heavy atom. The van der Waals surface area contributed by atoms with Gasteiger partial charge in [0.05, 0.1) is 5.37 Å². The summed E-state index contributed by atoms with van der Waals surface area (Å²) in [5, 5.41) is 0.882. The number of hydrogen-bond acceptors (Lipinski definition) is 2. The lowest BCUT2D eigenvalue weighted by Crippen LogP contribution is -2.47. The molecule has 0 aromatic carbocycles. The number of fused-ring (bicyclic) bond motifs is 3. The fraction of sp³-hybridized carbons (Fsp3) is 1.00. The Kier molecular flexibility index (Phi) is 2.42. The van der Waals surface area contributed by atoms with Gasteiger partial charge in [0.25, 0.3) is 0 Å². The fourth-order valence-electron chi connectivity index (χ4n) is 2.28. The van der Waals surface area contributed by atoms with Crippen molar-refractivity contribution in [1.82, 2.24) is 4.90 Å². The van der Waals surface area contributed by atoms with E-state index in [0.717, 1.165) is 11.3 Å². The molecule has 0 N–H and O–H groups in total. The Morgan fingerprint density at radius 3 is 2.55 bits per heavy atom. The van der Waals surface area contributed by atoms with Crippen LogP contribution in [0.5, 0.6) is 0 Å². The van der Waals surface area contributed by atoms with Crippen molar-refractivity contribution in [2.75, 3.05) is 18.8 Å². The van der Waals surface area contributed by atoms with E-state index in [1.54, 1.807) is 0 Å². The van der Waals surface area contributed by atoms with Crippen molar-refractivity contribution < 1.29 is 0 Å². The summed E-state index contributed by atoms with van der Waals surface area (Å²) in [4.78, 5) is 2.67. The predicted molar refractivity (Wildman–Crippen MR) is 50.8 cm³/mol. The summed E-state index contributed by atoms with van der Waals surface area (Å²) in [5.74, 6) is 2.36. The minimum Gasteiger partial charge on any atom is -0.291 e. The molecule has 0 amide bonds. The zero-order valence-electron chi connectivity index (χ0n) is 7.25. The quantitative estimate of drug-likeness (QED) is 0.626. The monoisotopic (exact) mass is 171 g/mol. The van der Waals surface area contributed by atoms with Gasteiger partial charge in [0.2, 0.25) is 0 Å². The summed E-state index contributed by atoms with van der Waals surface area (Å²) < 4.78 is 0. The second-order valence-corrected chi connectivity index (χ2v) is 5.08. The first-order valence-corrected chi connectivity index (χ1v) is 5.80. The molecule has 64 valence electrons. The summed E-state index contributed by atoms with van der Waals surface area (Å²) in [6.45, 7) is 5.03. The van der Waals surface area contributed by atoms with Crippen molar-refractivity contribution >= 4 is 11.8 Å². The number of piperidine rings is 3. The highest BCUT2D eigenvalue weighted by Gasteiger charge is 2.32. The molecular weight excluding hydrogens is 154 g/mol. The van der Waals surface area contributed by atoms with Gasteiger partial charge in [-0.2, -0.15) is 0 Å². The van der Waals surface area contributed by atoms with E-state index in [2.05, 4.69) is 23.6 Å². The maximum Gasteiger partial charge on any atom is 0.0559 e. The molecule has 2 bridgehead atoms. The molecule has 1 unspecified atom stereocenters. The molecule has 3 fully saturated rings. The smallest absolute Gasteiger partial charge is 0.0559 e. The molecule has 11 heavy (non-hydrogen) atoms. The molecule has 3 aliphatic heterocycles. The van der Waals surface area contributed by atoms with Crippen LogP contribution < -0.4 is 0 Å². The molecule has 0 aromatic rings. The molecule has 0 aliphatic carbocycles. The van der Waals surface area contributed by atoms with E-state index in [1.807, 2.05) is 0 Å². The average Bonchev–Trinajstić information content (AvgIpc) is 2.07. The van der Waals surface area contributed by atoms with Gasteiger partial charge in [-0.3, -0.25) is 4.90 Å². The van der Waals surface area contributed by atoms with Crippen LogP contribution in [-0.4, -0.2) is 29.1 Å². The Balaban J connectivity index is 1.92. The third-order valence-corrected chi connectivity index (χ3v) is 4.16. The largest absolute Gasteiger partial charge is 0.291 e. The Labute approximate surface area is 73.5 Å². The van der Waals surface area contributed by atoms with Gasteiger partial charge in [-0.05, 0) is 44.0 Å². The lowest BCUT2D eigenvalue weighted by Gasteiger charge is -2.44. The molecule has 3 heterocycles. The highest BCUT2D eigenvalue weighted by Crippen LogP contribution is 2.36. The normalized spacial score (nSPS) is 42.8. The highest BCUT2D eigenvalue weighted by molar-refractivity contribution is 7.99. The van der Waals surface area contributed by atoms with E-state index >= 15 is 0 Å². The van der Waals surface area contributed by atoms with E-state index in [4.69, 9.17) is 0 Å². The number of nitrogens with zero attached hydrogens (tertiary/aromatic N) is 1. The SMILES string of the molecule is CCSC1CC2CCN1CC2. The van der Waals surface area contributed by atoms with Crippen LogP contribution >= 0.6 is 11.8 Å². The number of rotatable bonds is 2. The lowest BCUT2D eigenvalue weighted by atomic mass is 9.88. The van der Waals surface area contributed by atoms with E-state index in [9.17, 15) is 0 Å². The summed E-state index contributed by atoms with van der Waals surface area (Å²) in [7, 11) is 0. The maximum atomic E-state index is 2.67. The first kappa shape index (κ1) is 7.93. The van der Waals surface area contributed by atoms with E-state index in [-0.39, 0.29) is 0 Å². The summed E-state index contributed by atoms with van der Waals surface area (Å²) in [6.07, 6.45) is 4.42. The summed E-state index contributed by atoms with van der Waals surface area (Å²) in [5.41, 5.74) is 0. The van der Waals surface area contributed by atoms with Gasteiger partial charge >= 0.3 is 0 Å². The van der Waals surface area contributed by atoms with Crippen LogP contribution in [0.1, 0.15) is 26.2 Å². The molecule has 0 aromatic heterocycles. The van der Waals surface area contributed by atoms with E-state index in [0.29, 0.717) is 0 Å². The predicted octanol–water partition coefficient (Wildman–Crippen LogP) is 2.18. The lowest BCUT2D eigenvalue weighted by molar-refractivity contribution is 0.0936. The van der Waals surface area contributed by atoms with E-state index < -0.39 is 0 Å². The Hall–Kier alpha value is 0.310. The fourth-order valence-corrected chi connectivity index (χ4v) is 3.49. The Bertz CT molecular complexity index is 130.